The number of aromatic nitrogens is 1. The molecule has 0 spiro atoms. The normalized spacial score (nSPS) is 19.9. The van der Waals surface area contributed by atoms with Crippen molar-refractivity contribution in [1.82, 2.24) is 14.8 Å². The zero-order chi connectivity index (χ0) is 23.0. The van der Waals surface area contributed by atoms with Crippen LogP contribution in [0.15, 0.2) is 70.0 Å². The van der Waals surface area contributed by atoms with Gasteiger partial charge in [-0.15, -0.1) is 11.8 Å². The summed E-state index contributed by atoms with van der Waals surface area (Å²) in [4.78, 5) is 20.9. The first-order chi connectivity index (χ1) is 16.1. The van der Waals surface area contributed by atoms with Crippen LogP contribution in [0.1, 0.15) is 32.6 Å². The molecule has 176 valence electrons. The predicted octanol–water partition coefficient (Wildman–Crippen LogP) is 5.18. The molecule has 2 aliphatic rings. The standard InChI is InChI=1S/C27H35N3O2S/c1-3-7-26-24(12-19-33-26)21(2)30-16-14-29(15-17-30)13-5-4-6-18-32-23-10-8-22-9-11-27(31)28-25(22)20-23/h3,7-11,20H,1,4-6,12-19H2,2H3,(H,28,31)/b24-21+,26-7+. The molecule has 3 heterocycles. The quantitative estimate of drug-likeness (QED) is 0.518. The molecule has 0 aliphatic carbocycles. The van der Waals surface area contributed by atoms with E-state index in [9.17, 15) is 4.79 Å². The fraction of sp³-hybridized carbons (Fsp3) is 0.444. The SMILES string of the molecule is C=C/C=C1/SCC/C1=C(/C)N1CCN(CCCCCOc2ccc3ccc(=O)[nH]c3c2)CC1. The molecule has 33 heavy (non-hydrogen) atoms. The molecule has 0 saturated carbocycles. The number of allylic oxidation sites excluding steroid dienone is 4. The van der Waals surface area contributed by atoms with Crippen molar-refractivity contribution >= 4 is 22.7 Å². The van der Waals surface area contributed by atoms with E-state index in [4.69, 9.17) is 4.74 Å². The average molecular weight is 466 g/mol. The number of thioether (sulfide) groups is 1. The summed E-state index contributed by atoms with van der Waals surface area (Å²) in [5, 5.41) is 1.02. The van der Waals surface area contributed by atoms with Gasteiger partial charge in [-0.05, 0) is 74.4 Å². The Labute approximate surface area is 201 Å². The summed E-state index contributed by atoms with van der Waals surface area (Å²) in [7, 11) is 0. The molecule has 0 bridgehead atoms. The maximum Gasteiger partial charge on any atom is 0.248 e. The first-order valence-electron chi connectivity index (χ1n) is 12.0. The maximum absolute atomic E-state index is 11.5. The molecule has 2 fully saturated rings. The van der Waals surface area contributed by atoms with Crippen LogP contribution in [0.4, 0.5) is 0 Å². The Balaban J connectivity index is 1.14. The van der Waals surface area contributed by atoms with E-state index in [1.807, 2.05) is 42.1 Å². The summed E-state index contributed by atoms with van der Waals surface area (Å²) in [5.41, 5.74) is 3.72. The smallest absolute Gasteiger partial charge is 0.248 e. The van der Waals surface area contributed by atoms with Gasteiger partial charge in [0.2, 0.25) is 5.56 Å². The monoisotopic (exact) mass is 465 g/mol. The lowest BCUT2D eigenvalue weighted by Crippen LogP contribution is -2.45. The highest BCUT2D eigenvalue weighted by atomic mass is 32.2. The van der Waals surface area contributed by atoms with Crippen LogP contribution in [0.5, 0.6) is 5.75 Å². The van der Waals surface area contributed by atoms with E-state index in [0.29, 0.717) is 6.61 Å². The Morgan fingerprint density at radius 2 is 1.97 bits per heavy atom. The van der Waals surface area contributed by atoms with Crippen LogP contribution in [0.2, 0.25) is 0 Å². The van der Waals surface area contributed by atoms with Gasteiger partial charge in [0.15, 0.2) is 0 Å². The topological polar surface area (TPSA) is 48.6 Å². The molecule has 5 nitrogen and oxygen atoms in total. The van der Waals surface area contributed by atoms with Crippen molar-refractivity contribution in [3.05, 3.63) is 75.6 Å². The van der Waals surface area contributed by atoms with Gasteiger partial charge in [-0.25, -0.2) is 0 Å². The van der Waals surface area contributed by atoms with E-state index in [0.717, 1.165) is 55.8 Å². The molecule has 1 aromatic carbocycles. The van der Waals surface area contributed by atoms with Gasteiger partial charge in [0.25, 0.3) is 0 Å². The van der Waals surface area contributed by atoms with Gasteiger partial charge < -0.3 is 14.6 Å². The number of nitrogens with zero attached hydrogens (tertiary/aromatic N) is 2. The van der Waals surface area contributed by atoms with Crippen molar-refractivity contribution in [2.24, 2.45) is 0 Å². The van der Waals surface area contributed by atoms with Crippen LogP contribution in [0, 0.1) is 0 Å². The minimum atomic E-state index is -0.0842. The van der Waals surface area contributed by atoms with Crippen molar-refractivity contribution in [1.29, 1.82) is 0 Å². The highest BCUT2D eigenvalue weighted by molar-refractivity contribution is 8.03. The van der Waals surface area contributed by atoms with Crippen LogP contribution < -0.4 is 10.3 Å². The number of H-pyrrole nitrogens is 1. The average Bonchev–Trinajstić information content (AvgIpc) is 3.29. The molecule has 2 saturated heterocycles. The minimum absolute atomic E-state index is 0.0842. The van der Waals surface area contributed by atoms with Crippen molar-refractivity contribution in [3.8, 4) is 5.75 Å². The van der Waals surface area contributed by atoms with E-state index in [-0.39, 0.29) is 5.56 Å². The zero-order valence-corrected chi connectivity index (χ0v) is 20.5. The first-order valence-corrected chi connectivity index (χ1v) is 13.0. The second-order valence-electron chi connectivity index (χ2n) is 8.74. The lowest BCUT2D eigenvalue weighted by atomic mass is 10.1. The molecule has 0 atom stereocenters. The second-order valence-corrected chi connectivity index (χ2v) is 9.88. The Kier molecular flexibility index (Phi) is 8.35. The number of hydrogen-bond acceptors (Lipinski definition) is 5. The van der Waals surface area contributed by atoms with E-state index in [1.165, 1.54) is 41.2 Å². The highest BCUT2D eigenvalue weighted by Gasteiger charge is 2.22. The Morgan fingerprint density at radius 1 is 1.15 bits per heavy atom. The molecular formula is C27H35N3O2S. The summed E-state index contributed by atoms with van der Waals surface area (Å²) >= 11 is 1.96. The molecule has 6 heteroatoms. The van der Waals surface area contributed by atoms with Crippen LogP contribution >= 0.6 is 11.8 Å². The third-order valence-electron chi connectivity index (χ3n) is 6.54. The second kappa shape index (κ2) is 11.6. The molecule has 1 aromatic heterocycles. The number of hydrogen-bond donors (Lipinski definition) is 1. The van der Waals surface area contributed by atoms with E-state index < -0.39 is 0 Å². The Bertz CT molecular complexity index is 1080. The fourth-order valence-electron chi connectivity index (χ4n) is 4.61. The van der Waals surface area contributed by atoms with E-state index in [2.05, 4.69) is 34.4 Å². The predicted molar refractivity (Wildman–Crippen MR) is 140 cm³/mol. The number of rotatable bonds is 9. The summed E-state index contributed by atoms with van der Waals surface area (Å²) in [5.74, 6) is 2.01. The third-order valence-corrected chi connectivity index (χ3v) is 7.65. The molecule has 1 N–H and O–H groups in total. The van der Waals surface area contributed by atoms with Gasteiger partial charge in [-0.3, -0.25) is 9.69 Å². The first kappa shape index (κ1) is 23.7. The molecule has 0 amide bonds. The number of piperazine rings is 1. The minimum Gasteiger partial charge on any atom is -0.494 e. The number of pyridine rings is 1. The van der Waals surface area contributed by atoms with Crippen molar-refractivity contribution in [3.63, 3.8) is 0 Å². The molecular weight excluding hydrogens is 430 g/mol. The van der Waals surface area contributed by atoms with Gasteiger partial charge in [0.05, 0.1) is 12.1 Å². The van der Waals surface area contributed by atoms with Gasteiger partial charge >= 0.3 is 0 Å². The fourth-order valence-corrected chi connectivity index (χ4v) is 5.75. The summed E-state index contributed by atoms with van der Waals surface area (Å²) in [6, 6.07) is 9.25. The van der Waals surface area contributed by atoms with Gasteiger partial charge in [0, 0.05) is 54.7 Å². The molecule has 2 aliphatic heterocycles. The molecule has 0 radical (unpaired) electrons. The highest BCUT2D eigenvalue weighted by Crippen LogP contribution is 2.38. The molecule has 2 aromatic rings. The van der Waals surface area contributed by atoms with Crippen LogP contribution in [0.25, 0.3) is 10.9 Å². The largest absolute Gasteiger partial charge is 0.494 e. The lowest BCUT2D eigenvalue weighted by molar-refractivity contribution is 0.155. The van der Waals surface area contributed by atoms with Crippen molar-refractivity contribution in [2.45, 2.75) is 32.6 Å². The number of nitrogens with one attached hydrogen (secondary N) is 1. The summed E-state index contributed by atoms with van der Waals surface area (Å²) in [6.45, 7) is 12.6. The Hall–Kier alpha value is -2.44. The van der Waals surface area contributed by atoms with Crippen molar-refractivity contribution < 1.29 is 4.74 Å². The van der Waals surface area contributed by atoms with Gasteiger partial charge in [-0.2, -0.15) is 0 Å². The maximum atomic E-state index is 11.5. The van der Waals surface area contributed by atoms with Gasteiger partial charge in [0.1, 0.15) is 5.75 Å². The molecule has 0 unspecified atom stereocenters. The van der Waals surface area contributed by atoms with Crippen LogP contribution in [0.3, 0.4) is 0 Å². The third kappa shape index (κ3) is 6.33. The van der Waals surface area contributed by atoms with Crippen LogP contribution in [-0.2, 0) is 0 Å². The number of fused-ring (bicyclic) bond motifs is 1. The molecule has 4 rings (SSSR count). The number of benzene rings is 1. The Morgan fingerprint density at radius 3 is 2.79 bits per heavy atom. The van der Waals surface area contributed by atoms with Crippen molar-refractivity contribution in [2.75, 3.05) is 45.1 Å². The zero-order valence-electron chi connectivity index (χ0n) is 19.6. The summed E-state index contributed by atoms with van der Waals surface area (Å²) in [6.07, 6.45) is 8.67. The van der Waals surface area contributed by atoms with Crippen LogP contribution in [-0.4, -0.2) is 59.9 Å². The number of ether oxygens (including phenoxy) is 1. The number of aromatic amines is 1. The van der Waals surface area contributed by atoms with E-state index >= 15 is 0 Å². The lowest BCUT2D eigenvalue weighted by Gasteiger charge is -2.37. The summed E-state index contributed by atoms with van der Waals surface area (Å²) < 4.78 is 5.90. The number of unbranched alkanes of at least 4 members (excludes halogenated alkanes) is 2. The van der Waals surface area contributed by atoms with Gasteiger partial charge in [-0.1, -0.05) is 12.7 Å². The van der Waals surface area contributed by atoms with E-state index in [1.54, 1.807) is 6.07 Å².